The first kappa shape index (κ1) is 19.3. The Balaban J connectivity index is 1.50. The first-order valence-electron chi connectivity index (χ1n) is 9.68. The van der Waals surface area contributed by atoms with Gasteiger partial charge < -0.3 is 9.80 Å². The highest BCUT2D eigenvalue weighted by atomic mass is 16.2. The van der Waals surface area contributed by atoms with Crippen LogP contribution in [0, 0.1) is 19.3 Å². The summed E-state index contributed by atoms with van der Waals surface area (Å²) in [6.07, 6.45) is 7.84. The zero-order chi connectivity index (χ0) is 19.4. The standard InChI is InChI=1S/C20H28N6O/c1-5-6-8-20(23-24-20)9-7-18(27)26-12-10-25(11-13-26)17-14-16(4)21-19(22-17)15(2)3/h1,14-15H,6-13H2,2-4H3. The first-order valence-corrected chi connectivity index (χ1v) is 9.68. The summed E-state index contributed by atoms with van der Waals surface area (Å²) in [5.74, 6) is 4.92. The van der Waals surface area contributed by atoms with Gasteiger partial charge >= 0.3 is 0 Å². The number of anilines is 1. The normalized spacial score (nSPS) is 17.9. The Labute approximate surface area is 161 Å². The van der Waals surface area contributed by atoms with E-state index in [1.54, 1.807) is 0 Å². The lowest BCUT2D eigenvalue weighted by molar-refractivity contribution is -0.131. The summed E-state index contributed by atoms with van der Waals surface area (Å²) in [4.78, 5) is 25.9. The molecule has 3 rings (SSSR count). The number of nitrogens with zero attached hydrogens (tertiary/aromatic N) is 6. The maximum atomic E-state index is 12.5. The molecule has 0 aromatic carbocycles. The third-order valence-electron chi connectivity index (χ3n) is 5.12. The number of hydrogen-bond acceptors (Lipinski definition) is 6. The molecule has 0 spiro atoms. The van der Waals surface area contributed by atoms with Crippen molar-refractivity contribution < 1.29 is 4.79 Å². The van der Waals surface area contributed by atoms with Gasteiger partial charge in [-0.3, -0.25) is 4.79 Å². The molecule has 0 unspecified atom stereocenters. The highest BCUT2D eigenvalue weighted by molar-refractivity contribution is 5.76. The predicted octanol–water partition coefficient (Wildman–Crippen LogP) is 2.91. The van der Waals surface area contributed by atoms with Crippen molar-refractivity contribution >= 4 is 11.7 Å². The number of carbonyl (C=O) groups excluding carboxylic acids is 1. The zero-order valence-electron chi connectivity index (χ0n) is 16.5. The quantitative estimate of drug-likeness (QED) is 0.694. The van der Waals surface area contributed by atoms with Crippen LogP contribution in [0.3, 0.4) is 0 Å². The fourth-order valence-corrected chi connectivity index (χ4v) is 3.31. The van der Waals surface area contributed by atoms with Crippen LogP contribution in [0.25, 0.3) is 0 Å². The second-order valence-electron chi connectivity index (χ2n) is 7.63. The SMILES string of the molecule is C#CCCC1(CCC(=O)N2CCN(c3cc(C)nc(C(C)C)n3)CC2)N=N1. The summed E-state index contributed by atoms with van der Waals surface area (Å²) < 4.78 is 0. The number of piperazine rings is 1. The summed E-state index contributed by atoms with van der Waals surface area (Å²) in [5.41, 5.74) is 0.603. The van der Waals surface area contributed by atoms with E-state index in [-0.39, 0.29) is 11.6 Å². The number of hydrogen-bond donors (Lipinski definition) is 0. The second kappa shape index (κ2) is 8.03. The van der Waals surface area contributed by atoms with E-state index >= 15 is 0 Å². The molecular weight excluding hydrogens is 340 g/mol. The summed E-state index contributed by atoms with van der Waals surface area (Å²) in [6.45, 7) is 9.21. The van der Waals surface area contributed by atoms with Crippen LogP contribution in [0.2, 0.25) is 0 Å². The van der Waals surface area contributed by atoms with Crippen LogP contribution in [-0.4, -0.2) is 52.6 Å². The van der Waals surface area contributed by atoms with E-state index in [1.807, 2.05) is 17.9 Å². The molecule has 7 heteroatoms. The molecule has 0 N–H and O–H groups in total. The number of amides is 1. The van der Waals surface area contributed by atoms with Gasteiger partial charge in [0.15, 0.2) is 5.66 Å². The molecule has 1 fully saturated rings. The van der Waals surface area contributed by atoms with Gasteiger partial charge in [0.25, 0.3) is 0 Å². The van der Waals surface area contributed by atoms with E-state index in [0.717, 1.165) is 36.8 Å². The van der Waals surface area contributed by atoms with E-state index in [9.17, 15) is 4.79 Å². The zero-order valence-corrected chi connectivity index (χ0v) is 16.5. The summed E-state index contributed by atoms with van der Waals surface area (Å²) >= 11 is 0. The fraction of sp³-hybridized carbons (Fsp3) is 0.650. The molecule has 3 heterocycles. The molecule has 2 aliphatic heterocycles. The smallest absolute Gasteiger partial charge is 0.222 e. The van der Waals surface area contributed by atoms with Crippen molar-refractivity contribution in [1.82, 2.24) is 14.9 Å². The van der Waals surface area contributed by atoms with Crippen LogP contribution < -0.4 is 4.90 Å². The van der Waals surface area contributed by atoms with Crippen molar-refractivity contribution in [2.75, 3.05) is 31.1 Å². The lowest BCUT2D eigenvalue weighted by atomic mass is 10.0. The Bertz CT molecular complexity index is 752. The van der Waals surface area contributed by atoms with Crippen LogP contribution in [0.15, 0.2) is 16.3 Å². The van der Waals surface area contributed by atoms with Crippen LogP contribution in [0.1, 0.15) is 57.0 Å². The Morgan fingerprint density at radius 3 is 2.52 bits per heavy atom. The van der Waals surface area contributed by atoms with E-state index in [0.29, 0.717) is 38.3 Å². The number of terminal acetylenes is 1. The molecule has 144 valence electrons. The van der Waals surface area contributed by atoms with Gasteiger partial charge in [-0.05, 0) is 6.92 Å². The maximum Gasteiger partial charge on any atom is 0.222 e. The molecule has 2 aliphatic rings. The highest BCUT2D eigenvalue weighted by Gasteiger charge is 2.39. The average Bonchev–Trinajstić information content (AvgIpc) is 3.44. The summed E-state index contributed by atoms with van der Waals surface area (Å²) in [5, 5.41) is 8.21. The van der Waals surface area contributed by atoms with E-state index in [1.165, 1.54) is 0 Å². The second-order valence-corrected chi connectivity index (χ2v) is 7.63. The molecule has 1 amide bonds. The van der Waals surface area contributed by atoms with Crippen molar-refractivity contribution in [2.24, 2.45) is 10.2 Å². The Hall–Kier alpha value is -2.49. The molecular formula is C20H28N6O. The minimum atomic E-state index is -0.379. The number of carbonyl (C=O) groups is 1. The lowest BCUT2D eigenvalue weighted by Gasteiger charge is -2.35. The molecule has 1 aromatic heterocycles. The van der Waals surface area contributed by atoms with Crippen molar-refractivity contribution in [3.8, 4) is 12.3 Å². The summed E-state index contributed by atoms with van der Waals surface area (Å²) in [6, 6.07) is 2.02. The van der Waals surface area contributed by atoms with Gasteiger partial charge in [0.2, 0.25) is 5.91 Å². The minimum Gasteiger partial charge on any atom is -0.353 e. The molecule has 27 heavy (non-hydrogen) atoms. The van der Waals surface area contributed by atoms with Gasteiger partial charge in [-0.15, -0.1) is 12.3 Å². The average molecular weight is 368 g/mol. The fourth-order valence-electron chi connectivity index (χ4n) is 3.31. The van der Waals surface area contributed by atoms with Gasteiger partial charge in [0.05, 0.1) is 0 Å². The van der Waals surface area contributed by atoms with Gasteiger partial charge in [-0.1, -0.05) is 13.8 Å². The third-order valence-corrected chi connectivity index (χ3v) is 5.12. The molecule has 0 bridgehead atoms. The molecule has 0 atom stereocenters. The third kappa shape index (κ3) is 4.82. The lowest BCUT2D eigenvalue weighted by Crippen LogP contribution is -2.49. The van der Waals surface area contributed by atoms with Gasteiger partial charge in [-0.25, -0.2) is 9.97 Å². The van der Waals surface area contributed by atoms with E-state index < -0.39 is 0 Å². The van der Waals surface area contributed by atoms with Crippen molar-refractivity contribution in [1.29, 1.82) is 0 Å². The van der Waals surface area contributed by atoms with Gasteiger partial charge in [-0.2, -0.15) is 10.2 Å². The number of aromatic nitrogens is 2. The van der Waals surface area contributed by atoms with Crippen molar-refractivity contribution in [3.05, 3.63) is 17.6 Å². The molecule has 0 aliphatic carbocycles. The monoisotopic (exact) mass is 368 g/mol. The van der Waals surface area contributed by atoms with Crippen LogP contribution in [-0.2, 0) is 4.79 Å². The Morgan fingerprint density at radius 1 is 1.22 bits per heavy atom. The van der Waals surface area contributed by atoms with E-state index in [2.05, 4.69) is 39.9 Å². The maximum absolute atomic E-state index is 12.5. The van der Waals surface area contributed by atoms with Crippen LogP contribution in [0.4, 0.5) is 5.82 Å². The largest absolute Gasteiger partial charge is 0.353 e. The topological polar surface area (TPSA) is 74.1 Å². The predicted molar refractivity (Wildman–Crippen MR) is 105 cm³/mol. The Kier molecular flexibility index (Phi) is 5.73. The van der Waals surface area contributed by atoms with Crippen LogP contribution >= 0.6 is 0 Å². The number of aryl methyl sites for hydroxylation is 1. The molecule has 1 aromatic rings. The highest BCUT2D eigenvalue weighted by Crippen LogP contribution is 2.37. The first-order chi connectivity index (χ1) is 12.9. The molecule has 1 saturated heterocycles. The van der Waals surface area contributed by atoms with Gasteiger partial charge in [0, 0.05) is 69.5 Å². The minimum absolute atomic E-state index is 0.175. The molecule has 0 saturated carbocycles. The van der Waals surface area contributed by atoms with Crippen molar-refractivity contribution in [2.45, 2.75) is 58.0 Å². The van der Waals surface area contributed by atoms with Gasteiger partial charge in [0.1, 0.15) is 11.6 Å². The summed E-state index contributed by atoms with van der Waals surface area (Å²) in [7, 11) is 0. The number of rotatable bonds is 7. The molecule has 0 radical (unpaired) electrons. The Morgan fingerprint density at radius 2 is 1.93 bits per heavy atom. The van der Waals surface area contributed by atoms with Crippen molar-refractivity contribution in [3.63, 3.8) is 0 Å². The van der Waals surface area contributed by atoms with E-state index in [4.69, 9.17) is 11.4 Å². The van der Waals surface area contributed by atoms with Crippen LogP contribution in [0.5, 0.6) is 0 Å². The molecule has 7 nitrogen and oxygen atoms in total.